The number of ether oxygens (including phenoxy) is 1. The first-order valence-electron chi connectivity index (χ1n) is 3.87. The lowest BCUT2D eigenvalue weighted by atomic mass is 10.3. The maximum atomic E-state index is 10.9. The summed E-state index contributed by atoms with van der Waals surface area (Å²) >= 11 is 0. The van der Waals surface area contributed by atoms with Crippen LogP contribution in [0.4, 0.5) is 0 Å². The number of nitrogens with one attached hydrogen (secondary N) is 1. The fourth-order valence-corrected chi connectivity index (χ4v) is 0.981. The van der Waals surface area contributed by atoms with Gasteiger partial charge in [0.1, 0.15) is 0 Å². The first kappa shape index (κ1) is 8.77. The van der Waals surface area contributed by atoms with E-state index in [0.717, 1.165) is 0 Å². The molecule has 0 fully saturated rings. The molecule has 4 heteroatoms. The highest BCUT2D eigenvalue weighted by molar-refractivity contribution is 5.84. The van der Waals surface area contributed by atoms with Gasteiger partial charge >= 0.3 is 5.97 Å². The van der Waals surface area contributed by atoms with Crippen molar-refractivity contribution in [3.63, 3.8) is 0 Å². The topological polar surface area (TPSA) is 55.4 Å². The molecule has 12 heavy (non-hydrogen) atoms. The molecule has 0 saturated heterocycles. The van der Waals surface area contributed by atoms with Crippen LogP contribution in [0.3, 0.4) is 0 Å². The molecule has 66 valence electrons. The van der Waals surface area contributed by atoms with E-state index in [2.05, 4.69) is 5.32 Å². The average molecular weight is 169 g/mol. The molecule has 1 aliphatic heterocycles. The second-order valence-corrected chi connectivity index (χ2v) is 2.46. The van der Waals surface area contributed by atoms with E-state index in [-0.39, 0.29) is 18.3 Å². The molecule has 0 unspecified atom stereocenters. The third-order valence-electron chi connectivity index (χ3n) is 1.47. The minimum absolute atomic E-state index is 0.0608. The van der Waals surface area contributed by atoms with Crippen LogP contribution in [0.1, 0.15) is 19.8 Å². The molecule has 1 heterocycles. The standard InChI is InChI=1S/C8H11NO3/c1-2-12-8(11)5-6-3-4-7(10)9-6/h3H,2,4-5H2,1H3,(H,9,10). The summed E-state index contributed by atoms with van der Waals surface area (Å²) in [7, 11) is 0. The SMILES string of the molecule is CCOC(=O)CC1=CCC(=O)N1. The van der Waals surface area contributed by atoms with Gasteiger partial charge in [0.05, 0.1) is 13.0 Å². The molecule has 0 bridgehead atoms. The molecule has 0 spiro atoms. The molecule has 1 N–H and O–H groups in total. The van der Waals surface area contributed by atoms with Crippen LogP contribution in [0.2, 0.25) is 0 Å². The summed E-state index contributed by atoms with van der Waals surface area (Å²) in [6, 6.07) is 0. The monoisotopic (exact) mass is 169 g/mol. The molecule has 0 radical (unpaired) electrons. The molecule has 1 amide bonds. The van der Waals surface area contributed by atoms with Crippen LogP contribution >= 0.6 is 0 Å². The van der Waals surface area contributed by atoms with Gasteiger partial charge in [0.15, 0.2) is 0 Å². The number of carbonyl (C=O) groups is 2. The van der Waals surface area contributed by atoms with Crippen molar-refractivity contribution >= 4 is 11.9 Å². The van der Waals surface area contributed by atoms with E-state index in [9.17, 15) is 9.59 Å². The summed E-state index contributed by atoms with van der Waals surface area (Å²) in [6.07, 6.45) is 2.24. The predicted molar refractivity (Wildman–Crippen MR) is 42.1 cm³/mol. The number of hydrogen-bond acceptors (Lipinski definition) is 3. The zero-order chi connectivity index (χ0) is 8.97. The summed E-state index contributed by atoms with van der Waals surface area (Å²) in [4.78, 5) is 21.6. The van der Waals surface area contributed by atoms with Crippen LogP contribution < -0.4 is 5.32 Å². The minimum atomic E-state index is -0.300. The number of rotatable bonds is 3. The Morgan fingerprint density at radius 2 is 2.50 bits per heavy atom. The van der Waals surface area contributed by atoms with Crippen LogP contribution in [0, 0.1) is 0 Å². The van der Waals surface area contributed by atoms with Crippen molar-refractivity contribution < 1.29 is 14.3 Å². The Bertz CT molecular complexity index is 232. The van der Waals surface area contributed by atoms with Crippen molar-refractivity contribution in [3.8, 4) is 0 Å². The van der Waals surface area contributed by atoms with E-state index in [0.29, 0.717) is 18.7 Å². The van der Waals surface area contributed by atoms with Gasteiger partial charge in [-0.1, -0.05) is 6.08 Å². The molecular formula is C8H11NO3. The van der Waals surface area contributed by atoms with Crippen molar-refractivity contribution in [3.05, 3.63) is 11.8 Å². The number of esters is 1. The molecule has 0 aromatic rings. The van der Waals surface area contributed by atoms with Crippen LogP contribution in [0.5, 0.6) is 0 Å². The molecule has 0 aromatic heterocycles. The molecule has 0 saturated carbocycles. The lowest BCUT2D eigenvalue weighted by Crippen LogP contribution is -2.18. The van der Waals surface area contributed by atoms with Crippen molar-refractivity contribution in [1.29, 1.82) is 0 Å². The number of amides is 1. The van der Waals surface area contributed by atoms with Crippen molar-refractivity contribution in [1.82, 2.24) is 5.32 Å². The number of hydrogen-bond donors (Lipinski definition) is 1. The second-order valence-electron chi connectivity index (χ2n) is 2.46. The molecule has 4 nitrogen and oxygen atoms in total. The zero-order valence-corrected chi connectivity index (χ0v) is 6.92. The van der Waals surface area contributed by atoms with Crippen LogP contribution in [0.25, 0.3) is 0 Å². The smallest absolute Gasteiger partial charge is 0.311 e. The maximum absolute atomic E-state index is 10.9. The summed E-state index contributed by atoms with van der Waals surface area (Å²) in [6.45, 7) is 2.12. The summed E-state index contributed by atoms with van der Waals surface area (Å²) < 4.78 is 4.71. The Labute approximate surface area is 70.6 Å². The highest BCUT2D eigenvalue weighted by Crippen LogP contribution is 2.07. The van der Waals surface area contributed by atoms with Gasteiger partial charge in [-0.2, -0.15) is 0 Å². The summed E-state index contributed by atoms with van der Waals surface area (Å²) in [5.74, 6) is -0.361. The predicted octanol–water partition coefficient (Wildman–Crippen LogP) is 0.343. The van der Waals surface area contributed by atoms with Gasteiger partial charge < -0.3 is 10.1 Å². The van der Waals surface area contributed by atoms with Crippen LogP contribution in [0.15, 0.2) is 11.8 Å². The Balaban J connectivity index is 2.32. The largest absolute Gasteiger partial charge is 0.466 e. The van der Waals surface area contributed by atoms with E-state index >= 15 is 0 Å². The Kier molecular flexibility index (Phi) is 2.85. The van der Waals surface area contributed by atoms with Gasteiger partial charge in [0.2, 0.25) is 5.91 Å². The van der Waals surface area contributed by atoms with E-state index in [1.54, 1.807) is 13.0 Å². The Hall–Kier alpha value is -1.32. The van der Waals surface area contributed by atoms with E-state index in [1.807, 2.05) is 0 Å². The fourth-order valence-electron chi connectivity index (χ4n) is 0.981. The lowest BCUT2D eigenvalue weighted by molar-refractivity contribution is -0.142. The molecule has 0 atom stereocenters. The van der Waals surface area contributed by atoms with Crippen LogP contribution in [-0.4, -0.2) is 18.5 Å². The van der Waals surface area contributed by atoms with Crippen molar-refractivity contribution in [2.24, 2.45) is 0 Å². The zero-order valence-electron chi connectivity index (χ0n) is 6.92. The van der Waals surface area contributed by atoms with E-state index < -0.39 is 0 Å². The fraction of sp³-hybridized carbons (Fsp3) is 0.500. The molecule has 0 aliphatic carbocycles. The lowest BCUT2D eigenvalue weighted by Gasteiger charge is -2.02. The van der Waals surface area contributed by atoms with Gasteiger partial charge in [-0.3, -0.25) is 9.59 Å². The Morgan fingerprint density at radius 1 is 1.75 bits per heavy atom. The summed E-state index contributed by atoms with van der Waals surface area (Å²) in [5.41, 5.74) is 0.651. The third-order valence-corrected chi connectivity index (χ3v) is 1.47. The van der Waals surface area contributed by atoms with Gasteiger partial charge in [-0.25, -0.2) is 0 Å². The normalized spacial score (nSPS) is 15.4. The van der Waals surface area contributed by atoms with E-state index in [4.69, 9.17) is 4.74 Å². The van der Waals surface area contributed by atoms with Crippen molar-refractivity contribution in [2.45, 2.75) is 19.8 Å². The first-order valence-corrected chi connectivity index (χ1v) is 3.87. The minimum Gasteiger partial charge on any atom is -0.466 e. The van der Waals surface area contributed by atoms with Crippen molar-refractivity contribution in [2.75, 3.05) is 6.61 Å². The number of carbonyl (C=O) groups excluding carboxylic acids is 2. The van der Waals surface area contributed by atoms with Gasteiger partial charge in [-0.15, -0.1) is 0 Å². The van der Waals surface area contributed by atoms with Gasteiger partial charge in [-0.05, 0) is 6.92 Å². The average Bonchev–Trinajstić information content (AvgIpc) is 2.36. The third kappa shape index (κ3) is 2.38. The Morgan fingerprint density at radius 3 is 3.00 bits per heavy atom. The van der Waals surface area contributed by atoms with Crippen LogP contribution in [-0.2, 0) is 14.3 Å². The summed E-state index contributed by atoms with van der Waals surface area (Å²) in [5, 5.41) is 2.56. The van der Waals surface area contributed by atoms with Gasteiger partial charge in [0, 0.05) is 12.1 Å². The van der Waals surface area contributed by atoms with Gasteiger partial charge in [0.25, 0.3) is 0 Å². The quantitative estimate of drug-likeness (QED) is 0.620. The highest BCUT2D eigenvalue weighted by Gasteiger charge is 2.14. The molecule has 0 aromatic carbocycles. The molecule has 1 aliphatic rings. The first-order chi connectivity index (χ1) is 5.72. The molecular weight excluding hydrogens is 158 g/mol. The highest BCUT2D eigenvalue weighted by atomic mass is 16.5. The second kappa shape index (κ2) is 3.90. The van der Waals surface area contributed by atoms with E-state index in [1.165, 1.54) is 0 Å². The maximum Gasteiger partial charge on any atom is 0.311 e. The molecule has 1 rings (SSSR count).